The van der Waals surface area contributed by atoms with E-state index in [0.717, 1.165) is 41.5 Å². The second kappa shape index (κ2) is 8.36. The number of halogens is 1. The highest BCUT2D eigenvalue weighted by molar-refractivity contribution is 6.30. The highest BCUT2D eigenvalue weighted by Gasteiger charge is 2.14. The Bertz CT molecular complexity index is 1020. The van der Waals surface area contributed by atoms with Crippen molar-refractivity contribution in [1.82, 2.24) is 20.2 Å². The van der Waals surface area contributed by atoms with Gasteiger partial charge in [0.15, 0.2) is 0 Å². The zero-order chi connectivity index (χ0) is 20.2. The van der Waals surface area contributed by atoms with Crippen LogP contribution in [-0.2, 0) is 0 Å². The van der Waals surface area contributed by atoms with Crippen LogP contribution in [0.4, 0.5) is 17.2 Å². The summed E-state index contributed by atoms with van der Waals surface area (Å²) in [4.78, 5) is 10.9. The first kappa shape index (κ1) is 19.0. The number of anilines is 3. The molecule has 0 unspecified atom stereocenters. The number of nitrogens with one attached hydrogen (secondary N) is 3. The van der Waals surface area contributed by atoms with Crippen LogP contribution in [0, 0.1) is 0 Å². The molecule has 1 aliphatic rings. The molecule has 0 radical (unpaired) electrons. The molecule has 3 aromatic rings. The van der Waals surface area contributed by atoms with E-state index in [1.807, 2.05) is 18.3 Å². The van der Waals surface area contributed by atoms with Crippen molar-refractivity contribution in [3.63, 3.8) is 0 Å². The lowest BCUT2D eigenvalue weighted by atomic mass is 10.2. The summed E-state index contributed by atoms with van der Waals surface area (Å²) in [5, 5.41) is 14.1. The molecule has 148 valence electrons. The minimum Gasteiger partial charge on any atom is -0.357 e. The zero-order valence-electron chi connectivity index (χ0n) is 16.0. The number of H-pyrrole nitrogens is 1. The van der Waals surface area contributed by atoms with Crippen LogP contribution in [0.5, 0.6) is 0 Å². The normalized spacial score (nSPS) is 13.3. The minimum absolute atomic E-state index is 0.550. The van der Waals surface area contributed by atoms with E-state index in [1.54, 1.807) is 24.7 Å². The van der Waals surface area contributed by atoms with E-state index in [1.165, 1.54) is 12.8 Å². The van der Waals surface area contributed by atoms with Crippen LogP contribution in [0.15, 0.2) is 56.1 Å². The van der Waals surface area contributed by atoms with Crippen LogP contribution in [0.25, 0.3) is 11.4 Å². The van der Waals surface area contributed by atoms with Crippen LogP contribution in [0.1, 0.15) is 24.1 Å². The Morgan fingerprint density at radius 2 is 1.86 bits per heavy atom. The summed E-state index contributed by atoms with van der Waals surface area (Å²) >= 11 is 6.01. The summed E-state index contributed by atoms with van der Waals surface area (Å²) in [7, 11) is 0. The maximum Gasteiger partial charge on any atom is 0.128 e. The quantitative estimate of drug-likeness (QED) is 0.530. The maximum absolute atomic E-state index is 6.01. The minimum atomic E-state index is 0.550. The summed E-state index contributed by atoms with van der Waals surface area (Å²) in [6.07, 6.45) is 9.23. The number of aromatic amines is 1. The van der Waals surface area contributed by atoms with Crippen LogP contribution in [-0.4, -0.2) is 33.3 Å². The number of hydrogen-bond donors (Lipinski definition) is 3. The average Bonchev–Trinajstić information content (AvgIpc) is 3.41. The molecular weight excluding hydrogens is 386 g/mol. The van der Waals surface area contributed by atoms with Gasteiger partial charge in [0.05, 0.1) is 34.5 Å². The molecule has 0 saturated carbocycles. The predicted molar refractivity (Wildman–Crippen MR) is 119 cm³/mol. The van der Waals surface area contributed by atoms with Crippen molar-refractivity contribution in [2.24, 2.45) is 0 Å². The smallest absolute Gasteiger partial charge is 0.128 e. The maximum atomic E-state index is 6.01. The van der Waals surface area contributed by atoms with Crippen molar-refractivity contribution >= 4 is 40.2 Å². The zero-order valence-corrected chi connectivity index (χ0v) is 16.7. The van der Waals surface area contributed by atoms with E-state index < -0.39 is 0 Å². The van der Waals surface area contributed by atoms with Gasteiger partial charge in [-0.2, -0.15) is 5.10 Å². The first-order valence-corrected chi connectivity index (χ1v) is 9.75. The van der Waals surface area contributed by atoms with E-state index in [-0.39, 0.29) is 0 Å². The summed E-state index contributed by atoms with van der Waals surface area (Å²) in [6, 6.07) is 5.83. The highest BCUT2D eigenvalue weighted by atomic mass is 35.5. The topological polar surface area (TPSA) is 81.8 Å². The Balaban J connectivity index is 1.43. The Morgan fingerprint density at radius 3 is 2.59 bits per heavy atom. The summed E-state index contributed by atoms with van der Waals surface area (Å²) < 4.78 is 0. The molecule has 1 saturated heterocycles. The summed E-state index contributed by atoms with van der Waals surface area (Å²) in [5.74, 6) is 1.01. The van der Waals surface area contributed by atoms with Crippen molar-refractivity contribution in [3.05, 3.63) is 72.4 Å². The lowest BCUT2D eigenvalue weighted by molar-refractivity contribution is 0.938. The number of aromatic nitrogens is 4. The molecule has 29 heavy (non-hydrogen) atoms. The fraction of sp³-hybridized carbons (Fsp3) is 0.190. The number of pyridine rings is 2. The SMILES string of the molecule is C=C(Nc1cn[nH]c1C(=C)Nc1ccc(N2CCCC2)nc1)c1cncc(Cl)c1. The molecule has 0 atom stereocenters. The van der Waals surface area contributed by atoms with E-state index in [2.05, 4.69) is 48.9 Å². The molecular formula is C21H22ClN7. The van der Waals surface area contributed by atoms with Gasteiger partial charge in [0, 0.05) is 36.7 Å². The first-order chi connectivity index (χ1) is 14.1. The van der Waals surface area contributed by atoms with E-state index in [9.17, 15) is 0 Å². The predicted octanol–water partition coefficient (Wildman–Crippen LogP) is 4.62. The molecule has 0 aliphatic carbocycles. The van der Waals surface area contributed by atoms with Gasteiger partial charge in [0.2, 0.25) is 0 Å². The van der Waals surface area contributed by atoms with Gasteiger partial charge in [-0.25, -0.2) is 4.98 Å². The third kappa shape index (κ3) is 4.41. The van der Waals surface area contributed by atoms with Crippen molar-refractivity contribution in [1.29, 1.82) is 0 Å². The van der Waals surface area contributed by atoms with Crippen LogP contribution < -0.4 is 15.5 Å². The van der Waals surface area contributed by atoms with Gasteiger partial charge < -0.3 is 15.5 Å². The molecule has 4 rings (SSSR count). The van der Waals surface area contributed by atoms with Crippen molar-refractivity contribution in [3.8, 4) is 0 Å². The van der Waals surface area contributed by atoms with E-state index in [4.69, 9.17) is 11.6 Å². The van der Waals surface area contributed by atoms with E-state index in [0.29, 0.717) is 16.4 Å². The fourth-order valence-electron chi connectivity index (χ4n) is 3.25. The standard InChI is InChI=1S/C21H22ClN7/c1-14(16-9-17(22)11-23-10-16)27-19-13-25-28-21(19)15(2)26-18-5-6-20(24-12-18)29-7-3-4-8-29/h5-6,9-13,26-27H,1-4,7-8H2,(H,25,28). The van der Waals surface area contributed by atoms with Gasteiger partial charge in [-0.3, -0.25) is 10.1 Å². The average molecular weight is 408 g/mol. The van der Waals surface area contributed by atoms with E-state index >= 15 is 0 Å². The second-order valence-electron chi connectivity index (χ2n) is 6.86. The van der Waals surface area contributed by atoms with Gasteiger partial charge in [-0.15, -0.1) is 0 Å². The molecule has 8 heteroatoms. The van der Waals surface area contributed by atoms with Crippen molar-refractivity contribution in [2.45, 2.75) is 12.8 Å². The van der Waals surface area contributed by atoms with Gasteiger partial charge >= 0.3 is 0 Å². The largest absolute Gasteiger partial charge is 0.357 e. The molecule has 1 fully saturated rings. The highest BCUT2D eigenvalue weighted by Crippen LogP contribution is 2.26. The molecule has 7 nitrogen and oxygen atoms in total. The summed E-state index contributed by atoms with van der Waals surface area (Å²) in [5.41, 5.74) is 4.45. The monoisotopic (exact) mass is 407 g/mol. The molecule has 0 spiro atoms. The number of rotatable bonds is 7. The third-order valence-electron chi connectivity index (χ3n) is 4.75. The Hall–Kier alpha value is -3.32. The molecule has 0 bridgehead atoms. The van der Waals surface area contributed by atoms with Crippen molar-refractivity contribution in [2.75, 3.05) is 28.6 Å². The van der Waals surface area contributed by atoms with Gasteiger partial charge in [0.25, 0.3) is 0 Å². The fourth-order valence-corrected chi connectivity index (χ4v) is 3.43. The lowest BCUT2D eigenvalue weighted by Gasteiger charge is -2.17. The second-order valence-corrected chi connectivity index (χ2v) is 7.29. The van der Waals surface area contributed by atoms with Gasteiger partial charge in [-0.05, 0) is 31.0 Å². The molecule has 1 aliphatic heterocycles. The van der Waals surface area contributed by atoms with Crippen LogP contribution in [0.2, 0.25) is 5.02 Å². The molecule has 3 N–H and O–H groups in total. The lowest BCUT2D eigenvalue weighted by Crippen LogP contribution is -2.18. The van der Waals surface area contributed by atoms with Crippen LogP contribution in [0.3, 0.4) is 0 Å². The Morgan fingerprint density at radius 1 is 1.03 bits per heavy atom. The molecule has 0 aromatic carbocycles. The van der Waals surface area contributed by atoms with Gasteiger partial charge in [0.1, 0.15) is 11.5 Å². The first-order valence-electron chi connectivity index (χ1n) is 9.37. The van der Waals surface area contributed by atoms with Crippen molar-refractivity contribution < 1.29 is 0 Å². The van der Waals surface area contributed by atoms with Gasteiger partial charge in [-0.1, -0.05) is 24.8 Å². The summed E-state index contributed by atoms with van der Waals surface area (Å²) in [6.45, 7) is 10.3. The molecule has 3 aromatic heterocycles. The Kier molecular flexibility index (Phi) is 5.48. The number of hydrogen-bond acceptors (Lipinski definition) is 6. The molecule has 4 heterocycles. The third-order valence-corrected chi connectivity index (χ3v) is 4.96. The Labute approximate surface area is 174 Å². The molecule has 0 amide bonds. The number of nitrogens with zero attached hydrogens (tertiary/aromatic N) is 4. The van der Waals surface area contributed by atoms with Crippen LogP contribution >= 0.6 is 11.6 Å².